The minimum atomic E-state index is 0.325. The summed E-state index contributed by atoms with van der Waals surface area (Å²) in [5.74, 6) is 0.897. The summed E-state index contributed by atoms with van der Waals surface area (Å²) in [6.07, 6.45) is 6.66. The monoisotopic (exact) mass is 238 g/mol. The molecule has 2 heteroatoms. The number of rotatable bonds is 1. The lowest BCUT2D eigenvalue weighted by molar-refractivity contribution is 0.0153. The fourth-order valence-electron chi connectivity index (χ4n) is 3.92. The molecule has 4 atom stereocenters. The maximum Gasteiger partial charge on any atom is 0.0255 e. The minimum absolute atomic E-state index is 0.325. The van der Waals surface area contributed by atoms with Gasteiger partial charge in [0.1, 0.15) is 0 Å². The van der Waals surface area contributed by atoms with Gasteiger partial charge in [-0.2, -0.15) is 0 Å². The lowest BCUT2D eigenvalue weighted by Gasteiger charge is -2.50. The van der Waals surface area contributed by atoms with Gasteiger partial charge in [0.15, 0.2) is 0 Å². The van der Waals surface area contributed by atoms with E-state index >= 15 is 0 Å². The molecule has 1 saturated carbocycles. The molecular formula is C15H30N2. The summed E-state index contributed by atoms with van der Waals surface area (Å²) in [7, 11) is 0. The molecule has 100 valence electrons. The maximum absolute atomic E-state index is 6.54. The van der Waals surface area contributed by atoms with E-state index in [1.807, 2.05) is 0 Å². The SMILES string of the molecule is CC1CCN(C2CCCC(C)(C)C2N)C(C)C1. The third kappa shape index (κ3) is 2.68. The molecule has 0 aromatic heterocycles. The van der Waals surface area contributed by atoms with Gasteiger partial charge in [-0.3, -0.25) is 4.90 Å². The van der Waals surface area contributed by atoms with Crippen molar-refractivity contribution in [3.63, 3.8) is 0 Å². The molecule has 0 amide bonds. The number of hydrogen-bond acceptors (Lipinski definition) is 2. The standard InChI is InChI=1S/C15H30N2/c1-11-7-9-17(12(2)10-11)13-6-5-8-15(3,4)14(13)16/h11-14H,5-10,16H2,1-4H3. The van der Waals surface area contributed by atoms with Crippen molar-refractivity contribution in [2.24, 2.45) is 17.1 Å². The molecule has 1 heterocycles. The van der Waals surface area contributed by atoms with E-state index in [9.17, 15) is 0 Å². The molecule has 1 aliphatic carbocycles. The fourth-order valence-corrected chi connectivity index (χ4v) is 3.92. The molecule has 0 spiro atoms. The van der Waals surface area contributed by atoms with Crippen molar-refractivity contribution in [2.75, 3.05) is 6.54 Å². The molecule has 2 rings (SSSR count). The smallest absolute Gasteiger partial charge is 0.0255 e. The molecule has 17 heavy (non-hydrogen) atoms. The highest BCUT2D eigenvalue weighted by Crippen LogP contribution is 2.38. The quantitative estimate of drug-likeness (QED) is 0.761. The second-order valence-electron chi connectivity index (χ2n) is 7.19. The van der Waals surface area contributed by atoms with Gasteiger partial charge in [-0.1, -0.05) is 27.2 Å². The number of likely N-dealkylation sites (tertiary alicyclic amines) is 1. The first-order valence-electron chi connectivity index (χ1n) is 7.43. The summed E-state index contributed by atoms with van der Waals surface area (Å²) in [6.45, 7) is 10.7. The highest BCUT2D eigenvalue weighted by Gasteiger charge is 2.41. The summed E-state index contributed by atoms with van der Waals surface area (Å²) in [6, 6.07) is 1.71. The van der Waals surface area contributed by atoms with E-state index in [4.69, 9.17) is 5.73 Å². The molecule has 0 radical (unpaired) electrons. The number of piperidine rings is 1. The number of nitrogens with zero attached hydrogens (tertiary/aromatic N) is 1. The van der Waals surface area contributed by atoms with E-state index in [2.05, 4.69) is 32.6 Å². The van der Waals surface area contributed by atoms with Gasteiger partial charge in [0.25, 0.3) is 0 Å². The molecule has 2 nitrogen and oxygen atoms in total. The lowest BCUT2D eigenvalue weighted by atomic mass is 9.70. The van der Waals surface area contributed by atoms with E-state index in [1.165, 1.54) is 38.6 Å². The largest absolute Gasteiger partial charge is 0.326 e. The Morgan fingerprint density at radius 1 is 1.18 bits per heavy atom. The van der Waals surface area contributed by atoms with Crippen LogP contribution in [0.5, 0.6) is 0 Å². The Labute approximate surface area is 107 Å². The van der Waals surface area contributed by atoms with Crippen molar-refractivity contribution in [2.45, 2.75) is 77.9 Å². The van der Waals surface area contributed by atoms with Gasteiger partial charge in [-0.05, 0) is 50.5 Å². The molecule has 0 aromatic carbocycles. The summed E-state index contributed by atoms with van der Waals surface area (Å²) in [5, 5.41) is 0. The zero-order chi connectivity index (χ0) is 12.6. The van der Waals surface area contributed by atoms with Crippen LogP contribution in [0.4, 0.5) is 0 Å². The van der Waals surface area contributed by atoms with Crippen LogP contribution >= 0.6 is 0 Å². The van der Waals surface area contributed by atoms with Crippen LogP contribution in [0.1, 0.15) is 59.8 Å². The van der Waals surface area contributed by atoms with E-state index in [-0.39, 0.29) is 0 Å². The van der Waals surface area contributed by atoms with Crippen molar-refractivity contribution >= 4 is 0 Å². The van der Waals surface area contributed by atoms with Crippen molar-refractivity contribution in [3.8, 4) is 0 Å². The van der Waals surface area contributed by atoms with Gasteiger partial charge in [0.2, 0.25) is 0 Å². The zero-order valence-electron chi connectivity index (χ0n) is 12.1. The predicted octanol–water partition coefficient (Wildman–Crippen LogP) is 3.01. The zero-order valence-corrected chi connectivity index (χ0v) is 12.1. The summed E-state index contributed by atoms with van der Waals surface area (Å²) < 4.78 is 0. The Hall–Kier alpha value is -0.0800. The van der Waals surface area contributed by atoms with Crippen LogP contribution in [0.25, 0.3) is 0 Å². The molecular weight excluding hydrogens is 208 g/mol. The number of hydrogen-bond donors (Lipinski definition) is 1. The minimum Gasteiger partial charge on any atom is -0.326 e. The molecule has 2 fully saturated rings. The predicted molar refractivity (Wildman–Crippen MR) is 74.0 cm³/mol. The molecule has 4 unspecified atom stereocenters. The molecule has 0 bridgehead atoms. The second-order valence-corrected chi connectivity index (χ2v) is 7.19. The Morgan fingerprint density at radius 2 is 1.88 bits per heavy atom. The van der Waals surface area contributed by atoms with Crippen molar-refractivity contribution in [3.05, 3.63) is 0 Å². The van der Waals surface area contributed by atoms with Crippen LogP contribution in [-0.4, -0.2) is 29.6 Å². The topological polar surface area (TPSA) is 29.3 Å². The maximum atomic E-state index is 6.54. The van der Waals surface area contributed by atoms with Crippen molar-refractivity contribution < 1.29 is 0 Å². The molecule has 1 saturated heterocycles. The van der Waals surface area contributed by atoms with Crippen LogP contribution in [0.2, 0.25) is 0 Å². The van der Waals surface area contributed by atoms with Crippen molar-refractivity contribution in [1.82, 2.24) is 4.90 Å². The van der Waals surface area contributed by atoms with E-state index in [0.29, 0.717) is 17.5 Å². The van der Waals surface area contributed by atoms with Gasteiger partial charge < -0.3 is 5.73 Å². The van der Waals surface area contributed by atoms with Gasteiger partial charge in [-0.15, -0.1) is 0 Å². The van der Waals surface area contributed by atoms with Crippen LogP contribution in [0, 0.1) is 11.3 Å². The first-order chi connectivity index (χ1) is 7.92. The van der Waals surface area contributed by atoms with Crippen molar-refractivity contribution in [1.29, 1.82) is 0 Å². The molecule has 2 aliphatic rings. The third-order valence-corrected chi connectivity index (χ3v) is 5.25. The number of nitrogens with two attached hydrogens (primary N) is 1. The fraction of sp³-hybridized carbons (Fsp3) is 1.00. The van der Waals surface area contributed by atoms with Gasteiger partial charge in [0, 0.05) is 18.1 Å². The average Bonchev–Trinajstić information content (AvgIpc) is 2.23. The van der Waals surface area contributed by atoms with Crippen LogP contribution in [-0.2, 0) is 0 Å². The third-order valence-electron chi connectivity index (χ3n) is 5.25. The van der Waals surface area contributed by atoms with Gasteiger partial charge >= 0.3 is 0 Å². The highest BCUT2D eigenvalue weighted by molar-refractivity contribution is 4.98. The van der Waals surface area contributed by atoms with Crippen LogP contribution in [0.3, 0.4) is 0 Å². The summed E-state index contributed by atoms with van der Waals surface area (Å²) >= 11 is 0. The first kappa shape index (κ1) is 13.4. The summed E-state index contributed by atoms with van der Waals surface area (Å²) in [5.41, 5.74) is 6.87. The Morgan fingerprint density at radius 3 is 2.53 bits per heavy atom. The Bertz CT molecular complexity index is 262. The van der Waals surface area contributed by atoms with Gasteiger partial charge in [-0.25, -0.2) is 0 Å². The van der Waals surface area contributed by atoms with Crippen LogP contribution in [0.15, 0.2) is 0 Å². The first-order valence-corrected chi connectivity index (χ1v) is 7.43. The van der Waals surface area contributed by atoms with Crippen LogP contribution < -0.4 is 5.73 Å². The second kappa shape index (κ2) is 4.89. The summed E-state index contributed by atoms with van der Waals surface area (Å²) in [4.78, 5) is 2.71. The average molecular weight is 238 g/mol. The van der Waals surface area contributed by atoms with E-state index < -0.39 is 0 Å². The van der Waals surface area contributed by atoms with E-state index in [1.54, 1.807) is 0 Å². The Kier molecular flexibility index (Phi) is 3.84. The highest BCUT2D eigenvalue weighted by atomic mass is 15.2. The van der Waals surface area contributed by atoms with Gasteiger partial charge in [0.05, 0.1) is 0 Å². The van der Waals surface area contributed by atoms with E-state index in [0.717, 1.165) is 12.0 Å². The Balaban J connectivity index is 2.06. The molecule has 2 N–H and O–H groups in total. The lowest BCUT2D eigenvalue weighted by Crippen LogP contribution is -2.60. The molecule has 0 aromatic rings. The molecule has 1 aliphatic heterocycles. The normalized spacial score (nSPS) is 43.6.